The summed E-state index contributed by atoms with van der Waals surface area (Å²) < 4.78 is 0. The summed E-state index contributed by atoms with van der Waals surface area (Å²) in [7, 11) is 0. The first-order valence-corrected chi connectivity index (χ1v) is 9.92. The Balaban J connectivity index is 1.49. The molecule has 1 aromatic carbocycles. The van der Waals surface area contributed by atoms with Crippen molar-refractivity contribution in [2.75, 3.05) is 32.7 Å². The molecule has 13 heteroatoms. The van der Waals surface area contributed by atoms with Crippen molar-refractivity contribution in [3.05, 3.63) is 67.1 Å². The highest BCUT2D eigenvalue weighted by Gasteiger charge is 2.27. The van der Waals surface area contributed by atoms with Crippen LogP contribution >= 0.6 is 11.3 Å². The number of non-ortho nitro benzene ring substituents is 1. The zero-order valence-electron chi connectivity index (χ0n) is 16.1. The summed E-state index contributed by atoms with van der Waals surface area (Å²) in [6, 6.07) is 7.86. The monoisotopic (exact) mass is 447 g/mol. The van der Waals surface area contributed by atoms with Crippen molar-refractivity contribution >= 4 is 39.7 Å². The predicted molar refractivity (Wildman–Crippen MR) is 109 cm³/mol. The number of benzene rings is 1. The molecule has 31 heavy (non-hydrogen) atoms. The second-order valence-corrected chi connectivity index (χ2v) is 7.62. The molecule has 1 aliphatic heterocycles. The molecule has 3 amide bonds. The van der Waals surface area contributed by atoms with E-state index < -0.39 is 15.8 Å². The van der Waals surface area contributed by atoms with Crippen LogP contribution in [0.4, 0.5) is 10.7 Å². The molecule has 1 aliphatic rings. The summed E-state index contributed by atoms with van der Waals surface area (Å²) in [5.74, 6) is -1.29. The van der Waals surface area contributed by atoms with Gasteiger partial charge in [0.15, 0.2) is 0 Å². The Kier molecular flexibility index (Phi) is 6.55. The topological polar surface area (TPSA) is 156 Å². The maximum atomic E-state index is 12.5. The van der Waals surface area contributed by atoms with Gasteiger partial charge in [0, 0.05) is 49.9 Å². The molecule has 0 radical (unpaired) electrons. The van der Waals surface area contributed by atoms with E-state index in [0.29, 0.717) is 0 Å². The number of nitro benzene ring substituents is 1. The van der Waals surface area contributed by atoms with Crippen LogP contribution in [-0.2, 0) is 4.79 Å². The van der Waals surface area contributed by atoms with E-state index >= 15 is 0 Å². The van der Waals surface area contributed by atoms with Crippen molar-refractivity contribution in [1.82, 2.24) is 15.1 Å². The number of carbonyl (C=O) groups excluding carboxylic acids is 3. The Bertz CT molecular complexity index is 1050. The first-order valence-electron chi connectivity index (χ1n) is 9.10. The number of nitro groups is 2. The Hall–Kier alpha value is -3.87. The first-order chi connectivity index (χ1) is 14.8. The molecule has 0 spiro atoms. The molecule has 0 unspecified atom stereocenters. The number of amides is 3. The van der Waals surface area contributed by atoms with Gasteiger partial charge in [-0.25, -0.2) is 0 Å². The van der Waals surface area contributed by atoms with Gasteiger partial charge in [0.2, 0.25) is 5.91 Å². The number of carbonyl (C=O) groups is 3. The number of hydrogen-bond acceptors (Lipinski definition) is 8. The molecule has 162 valence electrons. The molecular weight excluding hydrogens is 430 g/mol. The summed E-state index contributed by atoms with van der Waals surface area (Å²) in [5.41, 5.74) is -0.154. The van der Waals surface area contributed by atoms with Crippen LogP contribution in [0.3, 0.4) is 0 Å². The molecule has 0 bridgehead atoms. The van der Waals surface area contributed by atoms with Crippen molar-refractivity contribution in [3.63, 3.8) is 0 Å². The molecule has 2 heterocycles. The molecule has 12 nitrogen and oxygen atoms in total. The summed E-state index contributed by atoms with van der Waals surface area (Å²) >= 11 is 0.801. The summed E-state index contributed by atoms with van der Waals surface area (Å²) in [6.45, 7) is 0.742. The molecule has 1 fully saturated rings. The Morgan fingerprint density at radius 1 is 0.968 bits per heavy atom. The minimum atomic E-state index is -0.614. The lowest BCUT2D eigenvalue weighted by molar-refractivity contribution is -0.384. The maximum absolute atomic E-state index is 12.5. The van der Waals surface area contributed by atoms with Gasteiger partial charge in [-0.05, 0) is 12.1 Å². The van der Waals surface area contributed by atoms with Gasteiger partial charge >= 0.3 is 5.00 Å². The van der Waals surface area contributed by atoms with E-state index in [9.17, 15) is 34.6 Å². The van der Waals surface area contributed by atoms with E-state index in [2.05, 4.69) is 5.32 Å². The number of nitrogens with one attached hydrogen (secondary N) is 1. The van der Waals surface area contributed by atoms with Gasteiger partial charge in [-0.15, -0.1) is 0 Å². The van der Waals surface area contributed by atoms with Gasteiger partial charge in [-0.3, -0.25) is 34.6 Å². The minimum Gasteiger partial charge on any atom is -0.343 e. The number of piperazine rings is 1. The molecule has 1 saturated heterocycles. The largest absolute Gasteiger partial charge is 0.343 e. The van der Waals surface area contributed by atoms with Crippen LogP contribution in [0.15, 0.2) is 36.4 Å². The number of nitrogens with zero attached hydrogens (tertiary/aromatic N) is 4. The third kappa shape index (κ3) is 5.19. The normalized spacial score (nSPS) is 13.5. The van der Waals surface area contributed by atoms with Crippen molar-refractivity contribution in [2.24, 2.45) is 0 Å². The lowest BCUT2D eigenvalue weighted by Crippen LogP contribution is -2.52. The first kappa shape index (κ1) is 21.8. The molecule has 0 atom stereocenters. The van der Waals surface area contributed by atoms with E-state index in [1.165, 1.54) is 40.1 Å². The van der Waals surface area contributed by atoms with Crippen LogP contribution in [0, 0.1) is 20.2 Å². The van der Waals surface area contributed by atoms with Gasteiger partial charge in [0.25, 0.3) is 17.5 Å². The smallest absolute Gasteiger partial charge is 0.324 e. The lowest BCUT2D eigenvalue weighted by atomic mass is 10.2. The fourth-order valence-corrected chi connectivity index (χ4v) is 3.77. The molecule has 0 aliphatic carbocycles. The quantitative estimate of drug-likeness (QED) is 0.516. The third-order valence-corrected chi connectivity index (χ3v) is 5.65. The SMILES string of the molecule is O=C(NCC(=O)N1CCN(C(=O)c2ccc([N+](=O)[O-])s2)CC1)c1cccc([N+](=O)[O-])c1. The van der Waals surface area contributed by atoms with Crippen molar-refractivity contribution in [1.29, 1.82) is 0 Å². The number of rotatable bonds is 6. The molecule has 1 N–H and O–H groups in total. The van der Waals surface area contributed by atoms with Crippen LogP contribution in [-0.4, -0.2) is 70.1 Å². The highest BCUT2D eigenvalue weighted by Crippen LogP contribution is 2.25. The zero-order valence-corrected chi connectivity index (χ0v) is 16.9. The average molecular weight is 447 g/mol. The van der Waals surface area contributed by atoms with Crippen LogP contribution in [0.1, 0.15) is 20.0 Å². The molecule has 1 aromatic heterocycles. The van der Waals surface area contributed by atoms with Crippen molar-refractivity contribution in [3.8, 4) is 0 Å². The van der Waals surface area contributed by atoms with Crippen molar-refractivity contribution < 1.29 is 24.2 Å². The van der Waals surface area contributed by atoms with E-state index in [4.69, 9.17) is 0 Å². The number of hydrogen-bond donors (Lipinski definition) is 1. The van der Waals surface area contributed by atoms with E-state index in [0.717, 1.165) is 17.4 Å². The molecular formula is C18H17N5O7S. The summed E-state index contributed by atoms with van der Waals surface area (Å²) in [5, 5.41) is 23.9. The third-order valence-electron chi connectivity index (χ3n) is 4.62. The van der Waals surface area contributed by atoms with E-state index in [-0.39, 0.29) is 65.7 Å². The van der Waals surface area contributed by atoms with Crippen molar-refractivity contribution in [2.45, 2.75) is 0 Å². The number of thiophene rings is 1. The van der Waals surface area contributed by atoms with Crippen LogP contribution < -0.4 is 5.32 Å². The Labute approximate surface area is 179 Å². The van der Waals surface area contributed by atoms with E-state index in [1.807, 2.05) is 0 Å². The minimum absolute atomic E-state index is 0.0717. The fourth-order valence-electron chi connectivity index (χ4n) is 2.99. The lowest BCUT2D eigenvalue weighted by Gasteiger charge is -2.34. The predicted octanol–water partition coefficient (Wildman–Crippen LogP) is 1.28. The highest BCUT2D eigenvalue weighted by molar-refractivity contribution is 7.17. The summed E-state index contributed by atoms with van der Waals surface area (Å²) in [4.78, 5) is 60.6. The van der Waals surface area contributed by atoms with Gasteiger partial charge < -0.3 is 15.1 Å². The standard InChI is InChI=1S/C18H17N5O7S/c24-15(11-19-17(25)12-2-1-3-13(10-12)22(27)28)20-6-8-21(9-7-20)18(26)14-4-5-16(31-14)23(29)30/h1-5,10H,6-9,11H2,(H,19,25). The van der Waals surface area contributed by atoms with Crippen LogP contribution in [0.5, 0.6) is 0 Å². The van der Waals surface area contributed by atoms with Crippen LogP contribution in [0.2, 0.25) is 0 Å². The average Bonchev–Trinajstić information content (AvgIpc) is 3.27. The highest BCUT2D eigenvalue weighted by atomic mass is 32.1. The van der Waals surface area contributed by atoms with Gasteiger partial charge in [-0.1, -0.05) is 17.4 Å². The van der Waals surface area contributed by atoms with Gasteiger partial charge in [-0.2, -0.15) is 0 Å². The Morgan fingerprint density at radius 3 is 2.26 bits per heavy atom. The molecule has 0 saturated carbocycles. The van der Waals surface area contributed by atoms with Gasteiger partial charge in [0.1, 0.15) is 0 Å². The second kappa shape index (κ2) is 9.30. The second-order valence-electron chi connectivity index (χ2n) is 6.56. The van der Waals surface area contributed by atoms with Gasteiger partial charge in [0.05, 0.1) is 21.3 Å². The van der Waals surface area contributed by atoms with Crippen LogP contribution in [0.25, 0.3) is 0 Å². The zero-order chi connectivity index (χ0) is 22.5. The fraction of sp³-hybridized carbons (Fsp3) is 0.278. The maximum Gasteiger partial charge on any atom is 0.324 e. The molecule has 3 rings (SSSR count). The summed E-state index contributed by atoms with van der Waals surface area (Å²) in [6.07, 6.45) is 0. The van der Waals surface area contributed by atoms with E-state index in [1.54, 1.807) is 0 Å². The molecule has 2 aromatic rings. The Morgan fingerprint density at radius 2 is 1.65 bits per heavy atom.